The highest BCUT2D eigenvalue weighted by atomic mass is 19.4. The van der Waals surface area contributed by atoms with Crippen LogP contribution in [0.1, 0.15) is 15.9 Å². The topological polar surface area (TPSA) is 60.3 Å². The van der Waals surface area contributed by atoms with Gasteiger partial charge in [0.1, 0.15) is 11.3 Å². The fraction of sp³-hybridized carbons (Fsp3) is 0.158. The normalized spacial score (nSPS) is 11.4. The first-order valence-corrected chi connectivity index (χ1v) is 7.86. The highest BCUT2D eigenvalue weighted by Gasteiger charge is 2.30. The number of benzene rings is 2. The molecule has 3 rings (SSSR count). The van der Waals surface area contributed by atoms with Crippen LogP contribution >= 0.6 is 0 Å². The van der Waals surface area contributed by atoms with E-state index < -0.39 is 23.1 Å². The summed E-state index contributed by atoms with van der Waals surface area (Å²) >= 11 is 0. The van der Waals surface area contributed by atoms with Gasteiger partial charge in [-0.05, 0) is 42.5 Å². The average Bonchev–Trinajstić information content (AvgIpc) is 2.63. The van der Waals surface area contributed by atoms with Crippen LogP contribution in [0.25, 0.3) is 10.9 Å². The number of alkyl halides is 3. The first-order valence-electron chi connectivity index (χ1n) is 7.86. The fourth-order valence-electron chi connectivity index (χ4n) is 2.70. The smallest absolute Gasteiger partial charge is 0.416 e. The van der Waals surface area contributed by atoms with Crippen LogP contribution in [0.15, 0.2) is 53.5 Å². The zero-order chi connectivity index (χ0) is 19.8. The van der Waals surface area contributed by atoms with Crippen molar-refractivity contribution >= 4 is 22.5 Å². The molecule has 140 valence electrons. The van der Waals surface area contributed by atoms with Crippen LogP contribution in [-0.4, -0.2) is 17.6 Å². The predicted octanol–water partition coefficient (Wildman–Crippen LogP) is 3.82. The third-order valence-electron chi connectivity index (χ3n) is 4.11. The molecule has 0 unspecified atom stereocenters. The van der Waals surface area contributed by atoms with Crippen LogP contribution in [0, 0.1) is 0 Å². The molecule has 1 heterocycles. The lowest BCUT2D eigenvalue weighted by atomic mass is 10.1. The number of aryl methyl sites for hydroxylation is 1. The van der Waals surface area contributed by atoms with Crippen LogP contribution < -0.4 is 15.5 Å². The molecule has 0 radical (unpaired) electrons. The minimum absolute atomic E-state index is 0.127. The number of methoxy groups -OCH3 is 1. The van der Waals surface area contributed by atoms with Crippen LogP contribution in [-0.2, 0) is 13.2 Å². The van der Waals surface area contributed by atoms with Gasteiger partial charge < -0.3 is 14.6 Å². The van der Waals surface area contributed by atoms with E-state index in [0.29, 0.717) is 16.7 Å². The quantitative estimate of drug-likeness (QED) is 0.756. The number of nitrogens with one attached hydrogen (secondary N) is 1. The summed E-state index contributed by atoms with van der Waals surface area (Å²) in [5, 5.41) is 2.75. The average molecular weight is 376 g/mol. The lowest BCUT2D eigenvalue weighted by molar-refractivity contribution is -0.137. The number of pyridine rings is 1. The molecule has 8 heteroatoms. The molecule has 2 aromatic carbocycles. The molecule has 0 aliphatic carbocycles. The van der Waals surface area contributed by atoms with E-state index in [2.05, 4.69) is 5.32 Å². The van der Waals surface area contributed by atoms with Crippen molar-refractivity contribution in [2.75, 3.05) is 12.4 Å². The van der Waals surface area contributed by atoms with E-state index in [9.17, 15) is 22.8 Å². The van der Waals surface area contributed by atoms with Gasteiger partial charge in [0.05, 0.1) is 23.6 Å². The van der Waals surface area contributed by atoms with Gasteiger partial charge in [-0.3, -0.25) is 9.59 Å². The first kappa shape index (κ1) is 18.5. The van der Waals surface area contributed by atoms with Gasteiger partial charge in [-0.1, -0.05) is 0 Å². The van der Waals surface area contributed by atoms with E-state index in [4.69, 9.17) is 4.74 Å². The Morgan fingerprint density at radius 1 is 1.11 bits per heavy atom. The zero-order valence-corrected chi connectivity index (χ0v) is 14.4. The summed E-state index contributed by atoms with van der Waals surface area (Å²) in [5.74, 6) is -0.236. The molecule has 0 bridgehead atoms. The minimum atomic E-state index is -4.46. The van der Waals surface area contributed by atoms with Gasteiger partial charge in [0.2, 0.25) is 5.43 Å². The van der Waals surface area contributed by atoms with E-state index in [1.165, 1.54) is 19.4 Å². The van der Waals surface area contributed by atoms with Crippen molar-refractivity contribution in [2.24, 2.45) is 7.05 Å². The number of hydrogen-bond donors (Lipinski definition) is 1. The van der Waals surface area contributed by atoms with Gasteiger partial charge >= 0.3 is 6.18 Å². The van der Waals surface area contributed by atoms with Crippen molar-refractivity contribution in [3.8, 4) is 5.75 Å². The molecule has 0 spiro atoms. The molecule has 1 aromatic heterocycles. The Morgan fingerprint density at radius 2 is 1.78 bits per heavy atom. The lowest BCUT2D eigenvalue weighted by Crippen LogP contribution is -2.23. The van der Waals surface area contributed by atoms with Gasteiger partial charge in [0.25, 0.3) is 5.91 Å². The second-order valence-corrected chi connectivity index (χ2v) is 5.90. The van der Waals surface area contributed by atoms with Crippen LogP contribution in [0.5, 0.6) is 5.75 Å². The molecule has 27 heavy (non-hydrogen) atoms. The van der Waals surface area contributed by atoms with E-state index in [0.717, 1.165) is 24.3 Å². The van der Waals surface area contributed by atoms with E-state index in [1.807, 2.05) is 0 Å². The van der Waals surface area contributed by atoms with Gasteiger partial charge in [0, 0.05) is 18.9 Å². The number of carbonyl (C=O) groups is 1. The highest BCUT2D eigenvalue weighted by Crippen LogP contribution is 2.29. The third kappa shape index (κ3) is 3.64. The summed E-state index contributed by atoms with van der Waals surface area (Å²) in [7, 11) is 3.15. The fourth-order valence-corrected chi connectivity index (χ4v) is 2.70. The van der Waals surface area contributed by atoms with Crippen molar-refractivity contribution in [3.63, 3.8) is 0 Å². The number of hydrogen-bond acceptors (Lipinski definition) is 3. The number of carbonyl (C=O) groups excluding carboxylic acids is 1. The molecule has 1 amide bonds. The molecule has 0 saturated heterocycles. The Balaban J connectivity index is 1.96. The summed E-state index contributed by atoms with van der Waals surface area (Å²) in [4.78, 5) is 25.2. The van der Waals surface area contributed by atoms with Gasteiger partial charge in [-0.25, -0.2) is 0 Å². The molecule has 0 fully saturated rings. The summed E-state index contributed by atoms with van der Waals surface area (Å²) in [6.07, 6.45) is -3.08. The van der Waals surface area contributed by atoms with E-state index in [1.54, 1.807) is 23.7 Å². The van der Waals surface area contributed by atoms with E-state index >= 15 is 0 Å². The maximum atomic E-state index is 12.7. The zero-order valence-electron chi connectivity index (χ0n) is 14.4. The number of ether oxygens (including phenoxy) is 1. The van der Waals surface area contributed by atoms with Crippen molar-refractivity contribution in [3.05, 3.63) is 70.0 Å². The van der Waals surface area contributed by atoms with Gasteiger partial charge in [-0.15, -0.1) is 0 Å². The number of anilines is 1. The number of rotatable bonds is 3. The summed E-state index contributed by atoms with van der Waals surface area (Å²) in [5.41, 5.74) is -0.675. The highest BCUT2D eigenvalue weighted by molar-refractivity contribution is 6.05. The van der Waals surface area contributed by atoms with Gasteiger partial charge in [-0.2, -0.15) is 13.2 Å². The third-order valence-corrected chi connectivity index (χ3v) is 4.11. The molecular formula is C19H15F3N2O3. The predicted molar refractivity (Wildman–Crippen MR) is 95.1 cm³/mol. The lowest BCUT2D eigenvalue weighted by Gasteiger charge is -2.11. The first-order chi connectivity index (χ1) is 12.7. The van der Waals surface area contributed by atoms with Gasteiger partial charge in [0.15, 0.2) is 0 Å². The van der Waals surface area contributed by atoms with Crippen molar-refractivity contribution in [2.45, 2.75) is 6.18 Å². The molecule has 5 nitrogen and oxygen atoms in total. The molecule has 0 aliphatic heterocycles. The van der Waals surface area contributed by atoms with Crippen molar-refractivity contribution in [1.29, 1.82) is 0 Å². The van der Waals surface area contributed by atoms with Crippen LogP contribution in [0.3, 0.4) is 0 Å². The van der Waals surface area contributed by atoms with Crippen LogP contribution in [0.2, 0.25) is 0 Å². The number of nitrogens with zero attached hydrogens (tertiary/aromatic N) is 1. The second-order valence-electron chi connectivity index (χ2n) is 5.90. The molecule has 3 aromatic rings. The number of aromatic nitrogens is 1. The Bertz CT molecular complexity index is 1070. The molecule has 0 saturated carbocycles. The van der Waals surface area contributed by atoms with Crippen LogP contribution in [0.4, 0.5) is 18.9 Å². The molecule has 1 N–H and O–H groups in total. The van der Waals surface area contributed by atoms with E-state index in [-0.39, 0.29) is 11.3 Å². The Morgan fingerprint density at radius 3 is 2.37 bits per heavy atom. The standard InChI is InChI=1S/C19H15F3N2O3/c1-24-10-15(17(25)14-9-13(27-2)7-8-16(14)24)18(26)23-12-5-3-11(4-6-12)19(20,21)22/h3-10H,1-2H3,(H,23,26). The summed E-state index contributed by atoms with van der Waals surface area (Å²) in [6.45, 7) is 0. The monoisotopic (exact) mass is 376 g/mol. The Kier molecular flexibility index (Phi) is 4.65. The molecule has 0 aliphatic rings. The Labute approximate surface area is 152 Å². The second kappa shape index (κ2) is 6.79. The maximum absolute atomic E-state index is 12.7. The summed E-state index contributed by atoms with van der Waals surface area (Å²) < 4.78 is 44.6. The van der Waals surface area contributed by atoms with Crippen molar-refractivity contribution < 1.29 is 22.7 Å². The number of halogens is 3. The van der Waals surface area contributed by atoms with Crippen molar-refractivity contribution in [1.82, 2.24) is 4.57 Å². The summed E-state index contributed by atoms with van der Waals surface area (Å²) in [6, 6.07) is 8.92. The Hall–Kier alpha value is -3.29. The number of fused-ring (bicyclic) bond motifs is 1. The minimum Gasteiger partial charge on any atom is -0.497 e. The molecule has 0 atom stereocenters. The maximum Gasteiger partial charge on any atom is 0.416 e. The number of amides is 1. The largest absolute Gasteiger partial charge is 0.497 e. The SMILES string of the molecule is COc1ccc2c(c1)c(=O)c(C(=O)Nc1ccc(C(F)(F)F)cc1)cn2C. The molecular weight excluding hydrogens is 361 g/mol.